The molecule has 0 saturated carbocycles. The van der Waals surface area contributed by atoms with Crippen LogP contribution in [-0.2, 0) is 6.18 Å². The van der Waals surface area contributed by atoms with Crippen molar-refractivity contribution < 1.29 is 36.0 Å². The molecule has 0 aliphatic rings. The molecule has 0 N–H and O–H groups in total. The Hall–Kier alpha value is -1.34. The monoisotopic (exact) mass is 402 g/mol. The summed E-state index contributed by atoms with van der Waals surface area (Å²) in [6.07, 6.45) is -10.4. The zero-order valence-corrected chi connectivity index (χ0v) is 10.5. The molecule has 0 unspecified atom stereocenters. The minimum atomic E-state index is -5.28. The molecule has 0 spiro atoms. The van der Waals surface area contributed by atoms with Crippen LogP contribution in [-0.4, -0.2) is 16.3 Å². The maximum atomic E-state index is 12.4. The molecule has 0 amide bonds. The molecule has 0 radical (unpaired) electrons. The second kappa shape index (κ2) is 4.97. The van der Waals surface area contributed by atoms with E-state index in [4.69, 9.17) is 0 Å². The number of nitrogens with zero attached hydrogens (tertiary/aromatic N) is 2. The Labute approximate surface area is 113 Å². The van der Waals surface area contributed by atoms with E-state index in [1.165, 1.54) is 0 Å². The molecule has 0 aromatic carbocycles. The highest BCUT2D eigenvalue weighted by molar-refractivity contribution is 14.1. The van der Waals surface area contributed by atoms with E-state index >= 15 is 0 Å². The summed E-state index contributed by atoms with van der Waals surface area (Å²) in [4.78, 5) is 11.8. The number of rotatable bonds is 2. The first-order valence-corrected chi connectivity index (χ1v) is 5.17. The quantitative estimate of drug-likeness (QED) is 0.329. The van der Waals surface area contributed by atoms with Crippen molar-refractivity contribution in [2.45, 2.75) is 12.5 Å². The van der Waals surface area contributed by atoms with Gasteiger partial charge in [0.05, 0.1) is 0 Å². The minimum Gasteiger partial charge on any atom is -0.404 e. The molecule has 19 heavy (non-hydrogen) atoms. The third-order valence-electron chi connectivity index (χ3n) is 1.60. The summed E-state index contributed by atoms with van der Waals surface area (Å²) >= 11 is 1.04. The highest BCUT2D eigenvalue weighted by Gasteiger charge is 2.42. The molecule has 12 heteroatoms. The van der Waals surface area contributed by atoms with Crippen molar-refractivity contribution in [2.24, 2.45) is 0 Å². The molecule has 0 fully saturated rings. The molecular weight excluding hydrogens is 401 g/mol. The molecule has 0 bridgehead atoms. The van der Waals surface area contributed by atoms with Crippen LogP contribution in [0, 0.1) is 13.7 Å². The highest BCUT2D eigenvalue weighted by Crippen LogP contribution is 2.38. The van der Waals surface area contributed by atoms with Crippen LogP contribution in [0.5, 0.6) is 5.75 Å². The van der Waals surface area contributed by atoms with Gasteiger partial charge in [-0.1, -0.05) is 0 Å². The number of ether oxygens (including phenoxy) is 1. The summed E-state index contributed by atoms with van der Waals surface area (Å²) in [6.45, 7) is 0. The first-order valence-electron chi connectivity index (χ1n) is 4.09. The van der Waals surface area contributed by atoms with Gasteiger partial charge in [0.1, 0.15) is 0 Å². The Morgan fingerprint density at radius 3 is 2.16 bits per heavy atom. The molecule has 1 heterocycles. The van der Waals surface area contributed by atoms with Crippen molar-refractivity contribution in [2.75, 3.05) is 0 Å². The molecule has 0 saturated heterocycles. The van der Waals surface area contributed by atoms with Gasteiger partial charge in [-0.25, -0.2) is 0 Å². The van der Waals surface area contributed by atoms with Crippen LogP contribution in [0.25, 0.3) is 0 Å². The Bertz CT molecular complexity index is 515. The van der Waals surface area contributed by atoms with Crippen LogP contribution in [0.3, 0.4) is 0 Å². The van der Waals surface area contributed by atoms with Crippen molar-refractivity contribution in [1.29, 1.82) is 0 Å². The second-order valence-electron chi connectivity index (χ2n) is 2.95. The van der Waals surface area contributed by atoms with E-state index in [0.717, 1.165) is 22.6 Å². The van der Waals surface area contributed by atoms with Gasteiger partial charge in [-0.05, 0) is 32.5 Å². The Kier molecular flexibility index (Phi) is 4.11. The van der Waals surface area contributed by atoms with E-state index in [0.29, 0.717) is 0 Å². The Morgan fingerprint density at radius 2 is 1.79 bits per heavy atom. The van der Waals surface area contributed by atoms with Crippen LogP contribution in [0.2, 0.25) is 0 Å². The average Bonchev–Trinajstić information content (AvgIpc) is 2.16. The molecule has 1 aromatic heterocycles. The standard InChI is InChI=1S/C7HF6IN2O3/c8-6(9,10)3-1-2(19-7(11,12)13)4(14)5(15-3)16(17)18/h1H. The van der Waals surface area contributed by atoms with Crippen LogP contribution < -0.4 is 4.74 Å². The number of halogens is 7. The lowest BCUT2D eigenvalue weighted by Gasteiger charge is -2.11. The third kappa shape index (κ3) is 4.07. The van der Waals surface area contributed by atoms with Gasteiger partial charge in [-0.15, -0.1) is 13.2 Å². The van der Waals surface area contributed by atoms with Gasteiger partial charge in [-0.3, -0.25) is 0 Å². The van der Waals surface area contributed by atoms with E-state index < -0.39 is 38.3 Å². The van der Waals surface area contributed by atoms with Crippen LogP contribution in [0.1, 0.15) is 5.69 Å². The van der Waals surface area contributed by atoms with Crippen molar-refractivity contribution in [3.8, 4) is 5.75 Å². The maximum Gasteiger partial charge on any atom is 0.573 e. The Morgan fingerprint density at radius 1 is 1.26 bits per heavy atom. The Balaban J connectivity index is 3.45. The van der Waals surface area contributed by atoms with Crippen LogP contribution in [0.4, 0.5) is 32.2 Å². The summed E-state index contributed by atoms with van der Waals surface area (Å²) in [5.41, 5.74) is -1.85. The zero-order valence-electron chi connectivity index (χ0n) is 8.34. The topological polar surface area (TPSA) is 65.3 Å². The highest BCUT2D eigenvalue weighted by atomic mass is 127. The second-order valence-corrected chi connectivity index (χ2v) is 4.02. The minimum absolute atomic E-state index is 0.0533. The van der Waals surface area contributed by atoms with Gasteiger partial charge in [0.25, 0.3) is 5.69 Å². The van der Waals surface area contributed by atoms with Crippen LogP contribution in [0.15, 0.2) is 6.07 Å². The summed E-state index contributed by atoms with van der Waals surface area (Å²) in [6, 6.07) is -0.0533. The predicted molar refractivity (Wildman–Crippen MR) is 55.3 cm³/mol. The first-order chi connectivity index (χ1) is 8.42. The number of pyridine rings is 1. The van der Waals surface area contributed by atoms with Gasteiger partial charge >= 0.3 is 18.4 Å². The summed E-state index contributed by atoms with van der Waals surface area (Å²) < 4.78 is 75.5. The normalized spacial score (nSPS) is 12.4. The summed E-state index contributed by atoms with van der Waals surface area (Å²) in [7, 11) is 0. The predicted octanol–water partition coefficient (Wildman–Crippen LogP) is 3.51. The van der Waals surface area contributed by atoms with E-state index in [1.807, 2.05) is 0 Å². The summed E-state index contributed by atoms with van der Waals surface area (Å²) in [5, 5.41) is 10.5. The fourth-order valence-corrected chi connectivity index (χ4v) is 1.54. The van der Waals surface area contributed by atoms with E-state index in [9.17, 15) is 36.5 Å². The molecule has 0 aliphatic heterocycles. The number of alkyl halides is 6. The van der Waals surface area contributed by atoms with Gasteiger partial charge < -0.3 is 14.9 Å². The van der Waals surface area contributed by atoms with Crippen molar-refractivity contribution in [3.63, 3.8) is 0 Å². The molecular formula is C7HF6IN2O3. The summed E-state index contributed by atoms with van der Waals surface area (Å²) in [5.74, 6) is -2.70. The van der Waals surface area contributed by atoms with E-state index in [-0.39, 0.29) is 6.07 Å². The van der Waals surface area contributed by atoms with Gasteiger partial charge in [0, 0.05) is 6.07 Å². The van der Waals surface area contributed by atoms with E-state index in [2.05, 4.69) is 9.72 Å². The lowest BCUT2D eigenvalue weighted by atomic mass is 10.3. The third-order valence-corrected chi connectivity index (χ3v) is 2.61. The first kappa shape index (κ1) is 15.7. The number of aromatic nitrogens is 1. The van der Waals surface area contributed by atoms with Gasteiger partial charge in [-0.2, -0.15) is 13.2 Å². The molecule has 106 valence electrons. The average molecular weight is 402 g/mol. The lowest BCUT2D eigenvalue weighted by molar-refractivity contribution is -0.391. The molecule has 0 atom stereocenters. The maximum absolute atomic E-state index is 12.4. The molecule has 0 aliphatic carbocycles. The SMILES string of the molecule is O=[N+]([O-])c1nc(C(F)(F)F)cc(OC(F)(F)F)c1I. The largest absolute Gasteiger partial charge is 0.573 e. The molecule has 5 nitrogen and oxygen atoms in total. The number of hydrogen-bond acceptors (Lipinski definition) is 4. The number of hydrogen-bond donors (Lipinski definition) is 0. The lowest BCUT2D eigenvalue weighted by Crippen LogP contribution is -2.20. The zero-order chi connectivity index (χ0) is 15.0. The number of nitro groups is 1. The molecule has 1 rings (SSSR count). The van der Waals surface area contributed by atoms with E-state index in [1.54, 1.807) is 0 Å². The van der Waals surface area contributed by atoms with Crippen molar-refractivity contribution in [1.82, 2.24) is 4.98 Å². The van der Waals surface area contributed by atoms with Crippen molar-refractivity contribution >= 4 is 28.4 Å². The molecule has 1 aromatic rings. The fraction of sp³-hybridized carbons (Fsp3) is 0.286. The smallest absolute Gasteiger partial charge is 0.404 e. The van der Waals surface area contributed by atoms with Crippen molar-refractivity contribution in [3.05, 3.63) is 25.4 Å². The van der Waals surface area contributed by atoms with Gasteiger partial charge in [0.2, 0.25) is 0 Å². The van der Waals surface area contributed by atoms with Crippen LogP contribution >= 0.6 is 22.6 Å². The fourth-order valence-electron chi connectivity index (χ4n) is 0.958. The van der Waals surface area contributed by atoms with Gasteiger partial charge in [0.15, 0.2) is 9.32 Å².